The number of hydrogen-bond acceptors (Lipinski definition) is 3. The molecule has 0 radical (unpaired) electrons. The van der Waals surface area contributed by atoms with Crippen LogP contribution in [0.3, 0.4) is 0 Å². The molecular formula is C12H21N3O2. The summed E-state index contributed by atoms with van der Waals surface area (Å²) in [6.07, 6.45) is 5.51. The molecule has 1 N–H and O–H groups in total. The minimum atomic E-state index is -0.478. The fourth-order valence-electron chi connectivity index (χ4n) is 1.73. The molecule has 1 unspecified atom stereocenters. The molecule has 1 heterocycles. The van der Waals surface area contributed by atoms with E-state index in [1.807, 2.05) is 0 Å². The molecule has 5 heteroatoms. The van der Waals surface area contributed by atoms with E-state index < -0.39 is 11.1 Å². The molecule has 1 aromatic rings. The minimum absolute atomic E-state index is 0.447. The molecule has 17 heavy (non-hydrogen) atoms. The van der Waals surface area contributed by atoms with Gasteiger partial charge in [-0.25, -0.2) is 0 Å². The summed E-state index contributed by atoms with van der Waals surface area (Å²) in [5.41, 5.74) is -0.936. The van der Waals surface area contributed by atoms with Crippen LogP contribution in [0.4, 0.5) is 0 Å². The van der Waals surface area contributed by atoms with Gasteiger partial charge >= 0.3 is 11.1 Å². The fourth-order valence-corrected chi connectivity index (χ4v) is 1.73. The Kier molecular flexibility index (Phi) is 5.15. The number of hydrogen-bond donors (Lipinski definition) is 1. The first-order valence-corrected chi connectivity index (χ1v) is 6.05. The van der Waals surface area contributed by atoms with Crippen LogP contribution in [0.1, 0.15) is 26.7 Å². The summed E-state index contributed by atoms with van der Waals surface area (Å²) < 4.78 is 2.75. The van der Waals surface area contributed by atoms with E-state index >= 15 is 0 Å². The van der Waals surface area contributed by atoms with Gasteiger partial charge in [0.25, 0.3) is 0 Å². The lowest BCUT2D eigenvalue weighted by Gasteiger charge is -2.13. The van der Waals surface area contributed by atoms with Crippen molar-refractivity contribution >= 4 is 0 Å². The van der Waals surface area contributed by atoms with Crippen molar-refractivity contribution < 1.29 is 0 Å². The Hall–Kier alpha value is -1.36. The normalized spacial score (nSPS) is 12.6. The van der Waals surface area contributed by atoms with Crippen LogP contribution in [0.25, 0.3) is 0 Å². The summed E-state index contributed by atoms with van der Waals surface area (Å²) >= 11 is 0. The summed E-state index contributed by atoms with van der Waals surface area (Å²) in [7, 11) is 1.58. The van der Waals surface area contributed by atoms with Gasteiger partial charge in [0, 0.05) is 38.6 Å². The molecule has 0 bridgehead atoms. The summed E-state index contributed by atoms with van der Waals surface area (Å²) in [4.78, 5) is 23.0. The molecule has 0 spiro atoms. The highest BCUT2D eigenvalue weighted by Gasteiger charge is 2.03. The monoisotopic (exact) mass is 239 g/mol. The molecule has 0 saturated carbocycles. The molecule has 1 aromatic heterocycles. The molecule has 0 fully saturated rings. The van der Waals surface area contributed by atoms with Crippen molar-refractivity contribution in [3.8, 4) is 0 Å². The van der Waals surface area contributed by atoms with Gasteiger partial charge < -0.3 is 14.5 Å². The van der Waals surface area contributed by atoms with Crippen LogP contribution in [0.15, 0.2) is 22.0 Å². The Balaban J connectivity index is 2.56. The first kappa shape index (κ1) is 13.7. The lowest BCUT2D eigenvalue weighted by atomic mass is 10.2. The maximum atomic E-state index is 11.6. The summed E-state index contributed by atoms with van der Waals surface area (Å²) in [6, 6.07) is 0.447. The van der Waals surface area contributed by atoms with Gasteiger partial charge in [-0.05, 0) is 13.3 Å². The second-order valence-corrected chi connectivity index (χ2v) is 4.36. The van der Waals surface area contributed by atoms with E-state index in [4.69, 9.17) is 0 Å². The predicted molar refractivity (Wildman–Crippen MR) is 68.3 cm³/mol. The topological polar surface area (TPSA) is 56.0 Å². The van der Waals surface area contributed by atoms with Crippen molar-refractivity contribution in [2.75, 3.05) is 6.54 Å². The largest absolute Gasteiger partial charge is 0.316 e. The average Bonchev–Trinajstić information content (AvgIpc) is 2.29. The fraction of sp³-hybridized carbons (Fsp3) is 0.667. The maximum absolute atomic E-state index is 11.6. The van der Waals surface area contributed by atoms with Crippen LogP contribution < -0.4 is 16.4 Å². The zero-order valence-corrected chi connectivity index (χ0v) is 10.8. The Morgan fingerprint density at radius 2 is 2.00 bits per heavy atom. The van der Waals surface area contributed by atoms with E-state index in [-0.39, 0.29) is 0 Å². The maximum Gasteiger partial charge on any atom is 0.316 e. The molecule has 96 valence electrons. The highest BCUT2D eigenvalue weighted by atomic mass is 16.2. The Morgan fingerprint density at radius 3 is 2.65 bits per heavy atom. The molecule has 1 rings (SSSR count). The number of aryl methyl sites for hydroxylation is 1. The van der Waals surface area contributed by atoms with E-state index in [1.54, 1.807) is 19.4 Å². The van der Waals surface area contributed by atoms with Crippen LogP contribution in [0.5, 0.6) is 0 Å². The third-order valence-electron chi connectivity index (χ3n) is 2.80. The highest BCUT2D eigenvalue weighted by Crippen LogP contribution is 1.93. The first-order chi connectivity index (χ1) is 8.06. The van der Waals surface area contributed by atoms with Crippen molar-refractivity contribution in [2.45, 2.75) is 39.3 Å². The molecule has 0 amide bonds. The van der Waals surface area contributed by atoms with E-state index in [0.717, 1.165) is 12.8 Å². The van der Waals surface area contributed by atoms with Crippen LogP contribution in [-0.4, -0.2) is 21.7 Å². The minimum Gasteiger partial charge on any atom is -0.312 e. The second kappa shape index (κ2) is 6.39. The number of nitrogens with zero attached hydrogens (tertiary/aromatic N) is 2. The number of aromatic nitrogens is 2. The van der Waals surface area contributed by atoms with E-state index in [2.05, 4.69) is 19.2 Å². The Bertz CT molecular complexity index is 462. The van der Waals surface area contributed by atoms with Crippen LogP contribution >= 0.6 is 0 Å². The molecule has 5 nitrogen and oxygen atoms in total. The molecular weight excluding hydrogens is 218 g/mol. The highest BCUT2D eigenvalue weighted by molar-refractivity contribution is 4.84. The van der Waals surface area contributed by atoms with Gasteiger partial charge in [-0.3, -0.25) is 9.59 Å². The van der Waals surface area contributed by atoms with Gasteiger partial charge in [0.1, 0.15) is 0 Å². The lowest BCUT2D eigenvalue weighted by molar-refractivity contribution is 0.479. The molecule has 0 aliphatic heterocycles. The van der Waals surface area contributed by atoms with Crippen LogP contribution in [0, 0.1) is 0 Å². The lowest BCUT2D eigenvalue weighted by Crippen LogP contribution is -2.41. The van der Waals surface area contributed by atoms with Crippen molar-refractivity contribution in [2.24, 2.45) is 7.05 Å². The third-order valence-corrected chi connectivity index (χ3v) is 2.80. The molecule has 0 saturated heterocycles. The second-order valence-electron chi connectivity index (χ2n) is 4.36. The van der Waals surface area contributed by atoms with Crippen molar-refractivity contribution in [3.63, 3.8) is 0 Å². The van der Waals surface area contributed by atoms with Gasteiger partial charge in [0.2, 0.25) is 0 Å². The number of rotatable bonds is 6. The molecule has 0 aliphatic rings. The van der Waals surface area contributed by atoms with Crippen molar-refractivity contribution in [1.82, 2.24) is 14.5 Å². The van der Waals surface area contributed by atoms with Crippen molar-refractivity contribution in [1.29, 1.82) is 0 Å². The molecule has 1 atom stereocenters. The van der Waals surface area contributed by atoms with E-state index in [0.29, 0.717) is 19.1 Å². The van der Waals surface area contributed by atoms with E-state index in [1.165, 1.54) is 9.13 Å². The third kappa shape index (κ3) is 3.85. The SMILES string of the molecule is CCCC(C)NCCn1ccn(C)c(=O)c1=O. The Morgan fingerprint density at radius 1 is 1.29 bits per heavy atom. The van der Waals surface area contributed by atoms with Gasteiger partial charge in [0.05, 0.1) is 0 Å². The van der Waals surface area contributed by atoms with Gasteiger partial charge in [-0.1, -0.05) is 13.3 Å². The smallest absolute Gasteiger partial charge is 0.312 e. The molecule has 0 aromatic carbocycles. The first-order valence-electron chi connectivity index (χ1n) is 6.05. The molecule has 0 aliphatic carbocycles. The summed E-state index contributed by atoms with van der Waals surface area (Å²) in [5, 5.41) is 3.32. The van der Waals surface area contributed by atoms with E-state index in [9.17, 15) is 9.59 Å². The average molecular weight is 239 g/mol. The van der Waals surface area contributed by atoms with Crippen LogP contribution in [0.2, 0.25) is 0 Å². The summed E-state index contributed by atoms with van der Waals surface area (Å²) in [5.74, 6) is 0. The quantitative estimate of drug-likeness (QED) is 0.728. The van der Waals surface area contributed by atoms with Gasteiger partial charge in [-0.2, -0.15) is 0 Å². The van der Waals surface area contributed by atoms with Gasteiger partial charge in [0.15, 0.2) is 0 Å². The van der Waals surface area contributed by atoms with Crippen LogP contribution in [-0.2, 0) is 13.6 Å². The predicted octanol–water partition coefficient (Wildman–Crippen LogP) is 0.325. The van der Waals surface area contributed by atoms with Crippen molar-refractivity contribution in [3.05, 3.63) is 33.1 Å². The zero-order chi connectivity index (χ0) is 12.8. The zero-order valence-electron chi connectivity index (χ0n) is 10.8. The Labute approximate surface area is 101 Å². The summed E-state index contributed by atoms with van der Waals surface area (Å²) in [6.45, 7) is 5.50. The number of nitrogens with one attached hydrogen (secondary N) is 1. The standard InChI is InChI=1S/C12H21N3O2/c1-4-5-10(2)13-6-7-15-9-8-14(3)11(16)12(15)17/h8-10,13H,4-7H2,1-3H3. The van der Waals surface area contributed by atoms with Gasteiger partial charge in [-0.15, -0.1) is 0 Å².